The zero-order chi connectivity index (χ0) is 56.4. The van der Waals surface area contributed by atoms with Gasteiger partial charge in [-0.1, -0.05) is 60.1 Å². The first-order chi connectivity index (χ1) is 36.0. The predicted octanol–water partition coefficient (Wildman–Crippen LogP) is -2.04. The predicted molar refractivity (Wildman–Crippen MR) is 263 cm³/mol. The van der Waals surface area contributed by atoms with Crippen molar-refractivity contribution < 1.29 is 114 Å². The molecule has 4 saturated carbocycles. The van der Waals surface area contributed by atoms with Crippen LogP contribution in [0.4, 0.5) is 0 Å². The van der Waals surface area contributed by atoms with E-state index in [2.05, 4.69) is 40.7 Å². The standard InChI is InChI=1S/C54H88O23/c1-22-31(58)35(62)38(65)44(70-22)76-42-41(75-45-39(66)36(63)32(59)24(19-55)71-45)34(61)26(21-57)73-47(42)74-29-12-13-51(6)27(50(29,4)5)11-14-53(8)28(51)10-9-23-30-43(68)49(2,3)15-17-54(30,18-16-52(23,53)7)48(69)77-46-40(67)37(64)33(60)25(20-56)72-46/h9,22,24-47,55-68H,10-21H2,1-8H3/t22-,24+,25+,26+,27-,28+,29-,30+,31-,32+,33+,34+,35+,36-,37-,38+,39+,40+,41-,42+,43-,44-,45-,46-,47-,51-,52+,53+,54-/m0/s1. The molecule has 0 aromatic heterocycles. The summed E-state index contributed by atoms with van der Waals surface area (Å²) in [6.45, 7) is 14.4. The largest absolute Gasteiger partial charge is 0.432 e. The molecule has 442 valence electrons. The van der Waals surface area contributed by atoms with E-state index in [0.29, 0.717) is 44.9 Å². The van der Waals surface area contributed by atoms with Crippen molar-refractivity contribution in [1.82, 2.24) is 0 Å². The Morgan fingerprint density at radius 3 is 1.68 bits per heavy atom. The van der Waals surface area contributed by atoms with Gasteiger partial charge < -0.3 is 109 Å². The summed E-state index contributed by atoms with van der Waals surface area (Å²) in [5.74, 6) is -1.22. The maximum absolute atomic E-state index is 14.8. The first-order valence-corrected chi connectivity index (χ1v) is 27.8. The molecule has 0 bridgehead atoms. The average molecular weight is 1110 g/mol. The monoisotopic (exact) mass is 1100 g/mol. The van der Waals surface area contributed by atoms with E-state index >= 15 is 0 Å². The highest BCUT2D eigenvalue weighted by molar-refractivity contribution is 5.79. The summed E-state index contributed by atoms with van der Waals surface area (Å²) in [7, 11) is 0. The lowest BCUT2D eigenvalue weighted by atomic mass is 9.33. The van der Waals surface area contributed by atoms with Crippen molar-refractivity contribution in [1.29, 1.82) is 0 Å². The SMILES string of the molecule is C[C@@H]1O[C@@H](O[C@H]2[C@H](O[C@H]3CC[C@]4(C)[C@H]5CC=C6[C@@H]7[C@H](O)C(C)(C)CC[C@]7(C(=O)O[C@@H]7O[C@H](CO)[C@@H](O)[C@H](O)[C@H]7O)CC[C@@]6(C)[C@]5(C)CC[C@H]4C3(C)C)O[C@H](CO)[C@@H](O)[C@@H]2O[C@@H]2O[C@H](CO)[C@@H](O)[C@H](O)[C@H]2O)[C@H](O)[C@H](O)[C@H]1O. The summed E-state index contributed by atoms with van der Waals surface area (Å²) in [5.41, 5.74) is -2.58. The number of ether oxygens (including phenoxy) is 8. The van der Waals surface area contributed by atoms with Crippen molar-refractivity contribution in [2.75, 3.05) is 19.8 Å². The maximum Gasteiger partial charge on any atom is 0.315 e. The van der Waals surface area contributed by atoms with Crippen LogP contribution in [0.5, 0.6) is 0 Å². The van der Waals surface area contributed by atoms with E-state index in [9.17, 15) is 76.3 Å². The maximum atomic E-state index is 14.8. The zero-order valence-corrected chi connectivity index (χ0v) is 45.4. The second-order valence-electron chi connectivity index (χ2n) is 26.2. The number of rotatable bonds is 11. The Kier molecular flexibility index (Phi) is 16.8. The smallest absolute Gasteiger partial charge is 0.315 e. The third-order valence-corrected chi connectivity index (χ3v) is 21.6. The summed E-state index contributed by atoms with van der Waals surface area (Å²) < 4.78 is 49.0. The van der Waals surface area contributed by atoms with Gasteiger partial charge in [0.05, 0.1) is 43.5 Å². The fourth-order valence-electron chi connectivity index (χ4n) is 16.4. The molecule has 29 atom stereocenters. The number of allylic oxidation sites excluding steroid dienone is 1. The molecule has 5 aliphatic carbocycles. The van der Waals surface area contributed by atoms with Gasteiger partial charge in [-0.15, -0.1) is 0 Å². The van der Waals surface area contributed by atoms with Crippen LogP contribution in [0.15, 0.2) is 11.6 Å². The molecular weight excluding hydrogens is 1020 g/mol. The molecule has 9 rings (SSSR count). The fourth-order valence-corrected chi connectivity index (χ4v) is 16.4. The Hall–Kier alpha value is -1.63. The lowest BCUT2D eigenvalue weighted by molar-refractivity contribution is -0.398. The number of carbonyl (C=O) groups excluding carboxylic acids is 1. The van der Waals surface area contributed by atoms with Crippen molar-refractivity contribution in [3.8, 4) is 0 Å². The van der Waals surface area contributed by atoms with Crippen LogP contribution < -0.4 is 0 Å². The van der Waals surface area contributed by atoms with Crippen LogP contribution in [0.2, 0.25) is 0 Å². The molecule has 23 heteroatoms. The van der Waals surface area contributed by atoms with E-state index in [0.717, 1.165) is 18.4 Å². The molecule has 9 aliphatic rings. The molecule has 23 nitrogen and oxygen atoms in total. The molecule has 0 unspecified atom stereocenters. The van der Waals surface area contributed by atoms with Gasteiger partial charge in [0, 0.05) is 5.92 Å². The number of aliphatic hydroxyl groups excluding tert-OH is 14. The van der Waals surface area contributed by atoms with Gasteiger partial charge in [0.25, 0.3) is 0 Å². The number of fused-ring (bicyclic) bond motifs is 7. The molecule has 4 aliphatic heterocycles. The highest BCUT2D eigenvalue weighted by atomic mass is 16.8. The molecule has 0 radical (unpaired) electrons. The minimum Gasteiger partial charge on any atom is -0.432 e. The molecule has 0 amide bonds. The van der Waals surface area contributed by atoms with Gasteiger partial charge in [-0.25, -0.2) is 0 Å². The summed E-state index contributed by atoms with van der Waals surface area (Å²) in [5, 5.41) is 152. The average Bonchev–Trinajstić information content (AvgIpc) is 3.55. The Balaban J connectivity index is 1.00. The van der Waals surface area contributed by atoms with E-state index in [1.807, 2.05) is 13.8 Å². The fraction of sp³-hybridized carbons (Fsp3) is 0.944. The van der Waals surface area contributed by atoms with E-state index in [4.69, 9.17) is 37.9 Å². The minimum absolute atomic E-state index is 0.0186. The Bertz CT molecular complexity index is 2130. The van der Waals surface area contributed by atoms with Crippen molar-refractivity contribution >= 4 is 5.97 Å². The summed E-state index contributed by atoms with van der Waals surface area (Å²) in [4.78, 5) is 14.8. The number of hydrogen-bond acceptors (Lipinski definition) is 23. The van der Waals surface area contributed by atoms with Gasteiger partial charge in [0.2, 0.25) is 6.29 Å². The molecule has 8 fully saturated rings. The van der Waals surface area contributed by atoms with E-state index in [-0.39, 0.29) is 22.7 Å². The van der Waals surface area contributed by atoms with Crippen LogP contribution in [0.25, 0.3) is 0 Å². The Labute approximate surface area is 449 Å². The topological polar surface area (TPSA) is 374 Å². The third kappa shape index (κ3) is 9.51. The number of hydrogen-bond donors (Lipinski definition) is 14. The first kappa shape index (κ1) is 60.0. The van der Waals surface area contributed by atoms with Crippen LogP contribution >= 0.6 is 0 Å². The van der Waals surface area contributed by atoms with Gasteiger partial charge in [-0.3, -0.25) is 4.79 Å². The van der Waals surface area contributed by atoms with Gasteiger partial charge in [0.15, 0.2) is 18.9 Å². The lowest BCUT2D eigenvalue weighted by Crippen LogP contribution is -2.68. The van der Waals surface area contributed by atoms with Crippen LogP contribution in [-0.2, 0) is 42.7 Å². The van der Waals surface area contributed by atoms with Crippen LogP contribution in [0, 0.1) is 50.2 Å². The normalized spacial score (nSPS) is 54.4. The summed E-state index contributed by atoms with van der Waals surface area (Å²) in [6, 6.07) is 0. The van der Waals surface area contributed by atoms with Crippen LogP contribution in [0.3, 0.4) is 0 Å². The molecule has 0 spiro atoms. The van der Waals surface area contributed by atoms with E-state index in [1.54, 1.807) is 0 Å². The van der Waals surface area contributed by atoms with E-state index < -0.39 is 188 Å². The summed E-state index contributed by atoms with van der Waals surface area (Å²) in [6.07, 6.45) is -26.7. The van der Waals surface area contributed by atoms with Crippen molar-refractivity contribution in [2.45, 2.75) is 248 Å². The third-order valence-electron chi connectivity index (χ3n) is 21.6. The molecule has 4 saturated heterocycles. The van der Waals surface area contributed by atoms with Crippen molar-refractivity contribution in [3.63, 3.8) is 0 Å². The highest BCUT2D eigenvalue weighted by Crippen LogP contribution is 2.76. The quantitative estimate of drug-likeness (QED) is 0.0602. The first-order valence-electron chi connectivity index (χ1n) is 27.8. The van der Waals surface area contributed by atoms with Crippen LogP contribution in [0.1, 0.15) is 113 Å². The summed E-state index contributed by atoms with van der Waals surface area (Å²) >= 11 is 0. The minimum atomic E-state index is -1.92. The Morgan fingerprint density at radius 2 is 1.06 bits per heavy atom. The molecule has 0 aromatic rings. The zero-order valence-electron chi connectivity index (χ0n) is 45.4. The van der Waals surface area contributed by atoms with E-state index in [1.165, 1.54) is 6.92 Å². The second kappa shape index (κ2) is 21.5. The molecule has 77 heavy (non-hydrogen) atoms. The Morgan fingerprint density at radius 1 is 0.545 bits per heavy atom. The lowest BCUT2D eigenvalue weighted by Gasteiger charge is -2.71. The molecule has 0 aromatic carbocycles. The molecule has 14 N–H and O–H groups in total. The van der Waals surface area contributed by atoms with Crippen molar-refractivity contribution in [3.05, 3.63) is 11.6 Å². The number of aliphatic hydroxyl groups is 14. The van der Waals surface area contributed by atoms with Gasteiger partial charge in [0.1, 0.15) is 91.6 Å². The van der Waals surface area contributed by atoms with Gasteiger partial charge in [-0.2, -0.15) is 0 Å². The number of carbonyl (C=O) groups is 1. The molecular formula is C54H88O23. The van der Waals surface area contributed by atoms with Gasteiger partial charge in [-0.05, 0) is 104 Å². The molecule has 4 heterocycles. The van der Waals surface area contributed by atoms with Gasteiger partial charge >= 0.3 is 5.97 Å². The van der Waals surface area contributed by atoms with Crippen molar-refractivity contribution in [2.24, 2.45) is 50.2 Å². The van der Waals surface area contributed by atoms with Crippen LogP contribution in [-0.4, -0.2) is 232 Å². The second-order valence-corrected chi connectivity index (χ2v) is 26.2. The highest BCUT2D eigenvalue weighted by Gasteiger charge is 2.72. The number of esters is 1.